The Balaban J connectivity index is 2.99. The minimum Gasteiger partial charge on any atom is -0.294 e. The van der Waals surface area contributed by atoms with E-state index in [0.29, 0.717) is 6.42 Å². The van der Waals surface area contributed by atoms with Crippen LogP contribution >= 0.6 is 8.86 Å². The first kappa shape index (κ1) is 20.8. The number of carbonyl (C=O) groups is 1. The molecule has 0 aromatic rings. The molecular formula is C19H37OP. The standard InChI is InChI=1S/C19H37OP/c1-2-3-4-5-6-7-8-9-10-11-12-13-14-15-16-17-19(20)18-21/h18,21H,2-17H2,1H3. The van der Waals surface area contributed by atoms with Crippen LogP contribution in [0.1, 0.15) is 110 Å². The minimum absolute atomic E-state index is 0.223. The van der Waals surface area contributed by atoms with Crippen LogP contribution < -0.4 is 0 Å². The van der Waals surface area contributed by atoms with Crippen LogP contribution in [0, 0.1) is 0 Å². The summed E-state index contributed by atoms with van der Waals surface area (Å²) in [4.78, 5) is 11.0. The highest BCUT2D eigenvalue weighted by molar-refractivity contribution is 7.22. The number of Topliss-reactive ketones (excluding diaryl/α,β-unsaturated/α-hetero) is 1. The van der Waals surface area contributed by atoms with Gasteiger partial charge in [-0.15, -0.1) is 8.86 Å². The molecule has 0 heterocycles. The van der Waals surface area contributed by atoms with Crippen LogP contribution in [0.2, 0.25) is 0 Å². The van der Waals surface area contributed by atoms with Crippen LogP contribution in [-0.4, -0.2) is 11.6 Å². The molecule has 0 aliphatic heterocycles. The molecule has 0 radical (unpaired) electrons. The highest BCUT2D eigenvalue weighted by Gasteiger charge is 1.96. The first-order valence-electron chi connectivity index (χ1n) is 9.34. The fourth-order valence-electron chi connectivity index (χ4n) is 2.74. The van der Waals surface area contributed by atoms with Crippen LogP contribution in [0.25, 0.3) is 0 Å². The Labute approximate surface area is 135 Å². The van der Waals surface area contributed by atoms with E-state index in [2.05, 4.69) is 15.8 Å². The number of hydrogen-bond donors (Lipinski definition) is 0. The largest absolute Gasteiger partial charge is 0.294 e. The van der Waals surface area contributed by atoms with Crippen molar-refractivity contribution in [3.05, 3.63) is 0 Å². The lowest BCUT2D eigenvalue weighted by Gasteiger charge is -2.03. The number of ketones is 1. The summed E-state index contributed by atoms with van der Waals surface area (Å²) in [6.07, 6.45) is 21.3. The summed E-state index contributed by atoms with van der Waals surface area (Å²) < 4.78 is 0. The van der Waals surface area contributed by atoms with Gasteiger partial charge in [0.25, 0.3) is 0 Å². The lowest BCUT2D eigenvalue weighted by Crippen LogP contribution is -1.95. The lowest BCUT2D eigenvalue weighted by atomic mass is 10.0. The Morgan fingerprint density at radius 2 is 1.00 bits per heavy atom. The zero-order chi connectivity index (χ0) is 15.6. The quantitative estimate of drug-likeness (QED) is 0.214. The predicted octanol–water partition coefficient (Wildman–Crippen LogP) is 6.76. The summed E-state index contributed by atoms with van der Waals surface area (Å²) in [5, 5.41) is 0. The van der Waals surface area contributed by atoms with E-state index in [4.69, 9.17) is 0 Å². The maximum atomic E-state index is 11.0. The second-order valence-corrected chi connectivity index (χ2v) is 6.60. The van der Waals surface area contributed by atoms with Crippen LogP contribution in [0.15, 0.2) is 0 Å². The summed E-state index contributed by atoms with van der Waals surface area (Å²) in [5.41, 5.74) is 0. The van der Waals surface area contributed by atoms with Crippen molar-refractivity contribution in [1.82, 2.24) is 0 Å². The second kappa shape index (κ2) is 17.9. The van der Waals surface area contributed by atoms with Crippen molar-refractivity contribution in [3.63, 3.8) is 0 Å². The molecule has 0 aromatic heterocycles. The third-order valence-corrected chi connectivity index (χ3v) is 4.51. The molecule has 0 saturated carbocycles. The molecule has 0 amide bonds. The van der Waals surface area contributed by atoms with Gasteiger partial charge in [-0.1, -0.05) is 96.8 Å². The van der Waals surface area contributed by atoms with Gasteiger partial charge in [0, 0.05) is 12.2 Å². The van der Waals surface area contributed by atoms with E-state index in [1.165, 1.54) is 95.7 Å². The maximum absolute atomic E-state index is 11.0. The molecule has 0 rings (SSSR count). The zero-order valence-electron chi connectivity index (χ0n) is 14.3. The van der Waals surface area contributed by atoms with E-state index < -0.39 is 0 Å². The summed E-state index contributed by atoms with van der Waals surface area (Å²) in [5.74, 6) is 1.73. The lowest BCUT2D eigenvalue weighted by molar-refractivity contribution is -0.112. The van der Waals surface area contributed by atoms with Gasteiger partial charge in [0.15, 0.2) is 5.78 Å². The molecule has 0 N–H and O–H groups in total. The van der Waals surface area contributed by atoms with Crippen molar-refractivity contribution < 1.29 is 4.79 Å². The van der Waals surface area contributed by atoms with E-state index in [9.17, 15) is 4.79 Å². The Morgan fingerprint density at radius 3 is 1.33 bits per heavy atom. The molecule has 0 aromatic carbocycles. The van der Waals surface area contributed by atoms with E-state index >= 15 is 0 Å². The number of rotatable bonds is 17. The number of carbonyl (C=O) groups excluding carboxylic acids is 1. The SMILES string of the molecule is CCCCCCCCCCCCCCCCCC(=O)C=P. The molecule has 0 aliphatic carbocycles. The third kappa shape index (κ3) is 17.8. The molecule has 0 atom stereocenters. The summed E-state index contributed by atoms with van der Waals surface area (Å²) in [6.45, 7) is 2.28. The van der Waals surface area contributed by atoms with Gasteiger partial charge in [-0.3, -0.25) is 4.79 Å². The van der Waals surface area contributed by atoms with Crippen LogP contribution in [-0.2, 0) is 4.79 Å². The van der Waals surface area contributed by atoms with E-state index in [-0.39, 0.29) is 5.78 Å². The van der Waals surface area contributed by atoms with Gasteiger partial charge in [0.2, 0.25) is 0 Å². The Bertz CT molecular complexity index is 238. The monoisotopic (exact) mass is 312 g/mol. The molecule has 2 heteroatoms. The molecule has 0 fully saturated rings. The van der Waals surface area contributed by atoms with Crippen molar-refractivity contribution >= 4 is 20.4 Å². The van der Waals surface area contributed by atoms with Crippen LogP contribution in [0.5, 0.6) is 0 Å². The first-order chi connectivity index (χ1) is 10.3. The smallest absolute Gasteiger partial charge is 0.159 e. The van der Waals surface area contributed by atoms with Crippen molar-refractivity contribution in [1.29, 1.82) is 0 Å². The number of unbranched alkanes of at least 4 members (excludes halogenated alkanes) is 14. The first-order valence-corrected chi connectivity index (χ1v) is 9.92. The average Bonchev–Trinajstić information content (AvgIpc) is 2.50. The van der Waals surface area contributed by atoms with Crippen LogP contribution in [0.3, 0.4) is 0 Å². The van der Waals surface area contributed by atoms with Gasteiger partial charge in [-0.2, -0.15) is 0 Å². The number of hydrogen-bond acceptors (Lipinski definition) is 1. The maximum Gasteiger partial charge on any atom is 0.159 e. The van der Waals surface area contributed by atoms with Crippen LogP contribution in [0.4, 0.5) is 0 Å². The fraction of sp³-hybridized carbons (Fsp3) is 0.895. The van der Waals surface area contributed by atoms with Crippen molar-refractivity contribution in [2.45, 2.75) is 110 Å². The molecule has 0 unspecified atom stereocenters. The van der Waals surface area contributed by atoms with Gasteiger partial charge in [0.05, 0.1) is 0 Å². The highest BCUT2D eigenvalue weighted by Crippen LogP contribution is 2.13. The molecule has 1 nitrogen and oxygen atoms in total. The Hall–Kier alpha value is -0.160. The Kier molecular flexibility index (Phi) is 17.8. The molecule has 0 bridgehead atoms. The fourth-order valence-corrected chi connectivity index (χ4v) is 2.89. The van der Waals surface area contributed by atoms with Gasteiger partial charge < -0.3 is 0 Å². The second-order valence-electron chi connectivity index (χ2n) is 6.31. The molecule has 21 heavy (non-hydrogen) atoms. The van der Waals surface area contributed by atoms with Crippen molar-refractivity contribution in [2.24, 2.45) is 0 Å². The molecular weight excluding hydrogens is 275 g/mol. The molecule has 0 spiro atoms. The predicted molar refractivity (Wildman–Crippen MR) is 98.9 cm³/mol. The van der Waals surface area contributed by atoms with E-state index in [0.717, 1.165) is 6.42 Å². The van der Waals surface area contributed by atoms with Crippen molar-refractivity contribution in [2.75, 3.05) is 0 Å². The highest BCUT2D eigenvalue weighted by atomic mass is 31.0. The zero-order valence-corrected chi connectivity index (χ0v) is 15.3. The third-order valence-electron chi connectivity index (χ3n) is 4.19. The summed E-state index contributed by atoms with van der Waals surface area (Å²) >= 11 is 0. The van der Waals surface area contributed by atoms with Gasteiger partial charge in [-0.25, -0.2) is 0 Å². The Morgan fingerprint density at radius 1 is 0.667 bits per heavy atom. The van der Waals surface area contributed by atoms with Gasteiger partial charge >= 0.3 is 0 Å². The summed E-state index contributed by atoms with van der Waals surface area (Å²) in [6, 6.07) is 0. The summed E-state index contributed by atoms with van der Waals surface area (Å²) in [7, 11) is 3.13. The average molecular weight is 312 g/mol. The minimum atomic E-state index is 0.223. The van der Waals surface area contributed by atoms with E-state index in [1.54, 1.807) is 0 Å². The van der Waals surface area contributed by atoms with E-state index in [1.807, 2.05) is 0 Å². The van der Waals surface area contributed by atoms with Gasteiger partial charge in [0.1, 0.15) is 0 Å². The topological polar surface area (TPSA) is 17.1 Å². The normalized spacial score (nSPS) is 10.7. The van der Waals surface area contributed by atoms with Crippen molar-refractivity contribution in [3.8, 4) is 0 Å². The van der Waals surface area contributed by atoms with Gasteiger partial charge in [-0.05, 0) is 6.42 Å². The molecule has 124 valence electrons. The molecule has 0 saturated heterocycles. The molecule has 0 aliphatic rings.